The molecule has 0 unspecified atom stereocenters. The zero-order valence-corrected chi connectivity index (χ0v) is 76.9. The van der Waals surface area contributed by atoms with Gasteiger partial charge in [-0.3, -0.25) is 0 Å². The average Bonchev–Trinajstić information content (AvgIpc) is 1.13. The summed E-state index contributed by atoms with van der Waals surface area (Å²) in [5, 5.41) is 29.1. The van der Waals surface area contributed by atoms with Crippen LogP contribution >= 0.6 is 0 Å². The van der Waals surface area contributed by atoms with Crippen LogP contribution in [-0.2, 0) is 0 Å². The predicted molar refractivity (Wildman–Crippen MR) is 599 cm³/mol. The van der Waals surface area contributed by atoms with E-state index >= 15 is 0 Å². The van der Waals surface area contributed by atoms with Crippen molar-refractivity contribution in [1.82, 2.24) is 0 Å². The minimum atomic E-state index is 0.901. The van der Waals surface area contributed by atoms with E-state index in [1.54, 1.807) is 0 Å². The zero-order valence-electron chi connectivity index (χ0n) is 76.9. The SMILES string of the molecule is c1ccc(-c2ccc(-c3c4ccccc4c(-c4ccc5c(c4)oc4ccccc45)c4ccccc34)cc2)cc1.c1ccc(-c2ccc3c(-c4c5ccccc5c(-c5cccc6c5oc5ccc(-c7ccccc7)cc56)c5ccccc45)cccc3c2)cc1.c1ccc(-c2cccc3c2oc2c(-c4c5ccccc5c(-c5ccc(-c6ccc7ccccc7c6)c6ccccc56)c5ccccc45)cccc23)cc1. The van der Waals surface area contributed by atoms with Gasteiger partial charge in [0.15, 0.2) is 0 Å². The van der Waals surface area contributed by atoms with E-state index in [1.807, 2.05) is 12.1 Å². The molecule has 0 radical (unpaired) electrons. The first kappa shape index (κ1) is 82.0. The molecule has 3 heteroatoms. The molecule has 141 heavy (non-hydrogen) atoms. The van der Waals surface area contributed by atoms with Crippen LogP contribution in [-0.4, -0.2) is 0 Å². The van der Waals surface area contributed by atoms with Gasteiger partial charge in [-0.05, 0) is 234 Å². The summed E-state index contributed by atoms with van der Waals surface area (Å²) in [5.74, 6) is 0. The Bertz CT molecular complexity index is 9870. The van der Waals surface area contributed by atoms with E-state index in [-0.39, 0.29) is 0 Å². The summed E-state index contributed by atoms with van der Waals surface area (Å²) in [6.45, 7) is 0. The predicted octanol–water partition coefficient (Wildman–Crippen LogP) is 39.5. The van der Waals surface area contributed by atoms with Gasteiger partial charge in [-0.25, -0.2) is 0 Å². The molecule has 656 valence electrons. The van der Waals surface area contributed by atoms with Gasteiger partial charge in [-0.1, -0.05) is 479 Å². The van der Waals surface area contributed by atoms with Gasteiger partial charge in [0.2, 0.25) is 0 Å². The van der Waals surface area contributed by atoms with Crippen molar-refractivity contribution in [3.05, 3.63) is 522 Å². The van der Waals surface area contributed by atoms with E-state index in [9.17, 15) is 0 Å². The Balaban J connectivity index is 0.000000107. The van der Waals surface area contributed by atoms with Crippen LogP contribution in [0.25, 0.3) is 285 Å². The van der Waals surface area contributed by atoms with Crippen molar-refractivity contribution in [3.63, 3.8) is 0 Å². The van der Waals surface area contributed by atoms with Gasteiger partial charge in [0.1, 0.15) is 33.5 Å². The lowest BCUT2D eigenvalue weighted by atomic mass is 9.83. The number of benzene rings is 26. The lowest BCUT2D eigenvalue weighted by Crippen LogP contribution is -1.92. The van der Waals surface area contributed by atoms with Crippen LogP contribution in [0.3, 0.4) is 0 Å². The topological polar surface area (TPSA) is 39.4 Å². The summed E-state index contributed by atoms with van der Waals surface area (Å²) in [6.07, 6.45) is 0. The first-order valence-corrected chi connectivity index (χ1v) is 48.5. The normalized spacial score (nSPS) is 11.7. The molecule has 0 aliphatic carbocycles. The number of furan rings is 3. The van der Waals surface area contributed by atoms with Crippen LogP contribution in [0, 0.1) is 0 Å². The van der Waals surface area contributed by atoms with Crippen LogP contribution in [0.15, 0.2) is 535 Å². The van der Waals surface area contributed by atoms with Gasteiger partial charge >= 0.3 is 0 Å². The molecule has 3 nitrogen and oxygen atoms in total. The van der Waals surface area contributed by atoms with Crippen molar-refractivity contribution in [3.8, 4) is 122 Å². The van der Waals surface area contributed by atoms with E-state index in [0.717, 1.165) is 88.1 Å². The highest BCUT2D eigenvalue weighted by Gasteiger charge is 2.27. The minimum absolute atomic E-state index is 0.901. The largest absolute Gasteiger partial charge is 0.456 e. The Kier molecular flexibility index (Phi) is 20.0. The molecule has 29 rings (SSSR count). The minimum Gasteiger partial charge on any atom is -0.456 e. The lowest BCUT2D eigenvalue weighted by Gasteiger charge is -2.20. The summed E-state index contributed by atoms with van der Waals surface area (Å²) in [5.41, 5.74) is 32.0. The molecule has 0 atom stereocenters. The van der Waals surface area contributed by atoms with Crippen molar-refractivity contribution in [2.24, 2.45) is 0 Å². The molecule has 0 saturated heterocycles. The molecule has 0 aliphatic heterocycles. The molecule has 3 aromatic heterocycles. The second-order valence-corrected chi connectivity index (χ2v) is 36.8. The second kappa shape index (κ2) is 34.4. The summed E-state index contributed by atoms with van der Waals surface area (Å²) in [6, 6.07) is 188. The standard InChI is InChI=1S/C52H32O.C48H30O.C38H24O/c1-2-15-34(16-3-1)38-24-12-25-46-47-26-13-27-48(52(47)53-51(38)46)50-43-22-10-8-20-41(43)49(42-21-9-11-23-44(42)50)45-31-30-37(39-18-6-7-19-40(39)45)36-29-28-33-14-4-5-17-35(33)32-36;1-3-13-31(14-4-1)33-25-27-36-35(29-33)17-11-22-37(36)46-38-18-7-9-20-40(38)47(41-21-10-8-19-39(41)46)43-24-12-23-42-44-30-34(32-15-5-2-6-16-32)26-28-45(44)49-48(42)43;1-2-10-25(11-3-1)26-18-20-27(21-19-26)37-31-13-4-6-15-33(31)38(34-16-7-5-14-32(34)37)28-22-23-30-29-12-8-9-17-35(29)39-36(30)24-28/h1-32H;1-30H;1-24H. The van der Waals surface area contributed by atoms with Gasteiger partial charge < -0.3 is 13.3 Å². The number of fused-ring (bicyclic) bond motifs is 18. The average molecular weight is 1790 g/mol. The third-order valence-electron chi connectivity index (χ3n) is 29.0. The van der Waals surface area contributed by atoms with Crippen molar-refractivity contribution in [2.75, 3.05) is 0 Å². The molecule has 26 aromatic carbocycles. The van der Waals surface area contributed by atoms with E-state index in [1.165, 1.54) is 197 Å². The molecule has 0 saturated carbocycles. The maximum absolute atomic E-state index is 6.98. The monoisotopic (exact) mass is 1790 g/mol. The maximum atomic E-state index is 6.98. The van der Waals surface area contributed by atoms with E-state index in [4.69, 9.17) is 13.3 Å². The molecule has 29 aromatic rings. The molecule has 0 amide bonds. The van der Waals surface area contributed by atoms with Crippen molar-refractivity contribution >= 4 is 163 Å². The van der Waals surface area contributed by atoms with Crippen molar-refractivity contribution in [2.45, 2.75) is 0 Å². The molecule has 3 heterocycles. The highest BCUT2D eigenvalue weighted by Crippen LogP contribution is 2.54. The number of para-hydroxylation sites is 4. The molecule has 0 aliphatic rings. The fourth-order valence-corrected chi connectivity index (χ4v) is 22.6. The molecular formula is C138H86O3. The highest BCUT2D eigenvalue weighted by molar-refractivity contribution is 6.30. The fourth-order valence-electron chi connectivity index (χ4n) is 22.6. The molecule has 0 spiro atoms. The summed E-state index contributed by atoms with van der Waals surface area (Å²) >= 11 is 0. The van der Waals surface area contributed by atoms with E-state index in [2.05, 4.69) is 510 Å². The van der Waals surface area contributed by atoms with Crippen LogP contribution in [0.5, 0.6) is 0 Å². The number of rotatable bonds is 11. The van der Waals surface area contributed by atoms with Crippen LogP contribution in [0.4, 0.5) is 0 Å². The number of hydrogen-bond acceptors (Lipinski definition) is 3. The summed E-state index contributed by atoms with van der Waals surface area (Å²) in [4.78, 5) is 0. The van der Waals surface area contributed by atoms with Crippen LogP contribution in [0.2, 0.25) is 0 Å². The first-order chi connectivity index (χ1) is 70.0. The fraction of sp³-hybridized carbons (Fsp3) is 0. The van der Waals surface area contributed by atoms with E-state index < -0.39 is 0 Å². The Morgan fingerprint density at radius 3 is 0.943 bits per heavy atom. The molecule has 0 bridgehead atoms. The molecule has 0 N–H and O–H groups in total. The lowest BCUT2D eigenvalue weighted by molar-refractivity contribution is 0.669. The third kappa shape index (κ3) is 14.0. The smallest absolute Gasteiger partial charge is 0.143 e. The highest BCUT2D eigenvalue weighted by atomic mass is 16.3. The van der Waals surface area contributed by atoms with Gasteiger partial charge in [-0.2, -0.15) is 0 Å². The Labute approximate surface area is 814 Å². The Morgan fingerprint density at radius 1 is 0.0993 bits per heavy atom. The van der Waals surface area contributed by atoms with Gasteiger partial charge in [0.05, 0.1) is 0 Å². The summed E-state index contributed by atoms with van der Waals surface area (Å²) in [7, 11) is 0. The van der Waals surface area contributed by atoms with E-state index in [0.29, 0.717) is 0 Å². The van der Waals surface area contributed by atoms with Crippen molar-refractivity contribution < 1.29 is 13.3 Å². The first-order valence-electron chi connectivity index (χ1n) is 48.5. The van der Waals surface area contributed by atoms with Crippen molar-refractivity contribution in [1.29, 1.82) is 0 Å². The van der Waals surface area contributed by atoms with Gasteiger partial charge in [0.25, 0.3) is 0 Å². The molecular weight excluding hydrogens is 1710 g/mol. The molecule has 0 fully saturated rings. The zero-order chi connectivity index (χ0) is 93.0. The van der Waals surface area contributed by atoms with Gasteiger partial charge in [-0.15, -0.1) is 0 Å². The van der Waals surface area contributed by atoms with Gasteiger partial charge in [0, 0.05) is 60.1 Å². The summed E-state index contributed by atoms with van der Waals surface area (Å²) < 4.78 is 20.0. The third-order valence-corrected chi connectivity index (χ3v) is 29.0. The van der Waals surface area contributed by atoms with Crippen LogP contribution < -0.4 is 0 Å². The Hall–Kier alpha value is -18.5. The quantitative estimate of drug-likeness (QED) is 0.121. The Morgan fingerprint density at radius 2 is 0.404 bits per heavy atom. The van der Waals surface area contributed by atoms with Crippen LogP contribution in [0.1, 0.15) is 0 Å². The number of hydrogen-bond donors (Lipinski definition) is 0. The maximum Gasteiger partial charge on any atom is 0.143 e. The second-order valence-electron chi connectivity index (χ2n) is 36.8.